The molecular formula is C12H20N2O. The van der Waals surface area contributed by atoms with Gasteiger partial charge in [-0.05, 0) is 11.5 Å². The highest BCUT2D eigenvalue weighted by Gasteiger charge is 2.15. The Labute approximate surface area is 91.8 Å². The number of pyridine rings is 1. The maximum absolute atomic E-state index is 9.20. The van der Waals surface area contributed by atoms with Gasteiger partial charge in [-0.15, -0.1) is 0 Å². The Balaban J connectivity index is 2.86. The van der Waals surface area contributed by atoms with Gasteiger partial charge in [0.2, 0.25) is 0 Å². The highest BCUT2D eigenvalue weighted by molar-refractivity contribution is 5.51. The Kier molecular flexibility index (Phi) is 3.69. The average molecular weight is 208 g/mol. The largest absolute Gasteiger partial charge is 0.392 e. The number of nitrogens with zero attached hydrogens (tertiary/aromatic N) is 2. The van der Waals surface area contributed by atoms with Gasteiger partial charge < -0.3 is 10.0 Å². The lowest BCUT2D eigenvalue weighted by molar-refractivity contribution is 0.281. The third-order valence-electron chi connectivity index (χ3n) is 2.17. The van der Waals surface area contributed by atoms with Crippen LogP contribution in [0.2, 0.25) is 0 Å². The van der Waals surface area contributed by atoms with Crippen molar-refractivity contribution >= 4 is 5.69 Å². The third-order valence-corrected chi connectivity index (χ3v) is 2.17. The normalized spacial score (nSPS) is 11.5. The van der Waals surface area contributed by atoms with Crippen molar-refractivity contribution in [2.75, 3.05) is 18.5 Å². The fraction of sp³-hybridized carbons (Fsp3) is 0.583. The SMILES string of the molecule is CN(CC(C)(C)C)c1ccncc1CO. The fourth-order valence-electron chi connectivity index (χ4n) is 1.71. The van der Waals surface area contributed by atoms with Crippen LogP contribution in [0.15, 0.2) is 18.5 Å². The number of hydrogen-bond donors (Lipinski definition) is 1. The lowest BCUT2D eigenvalue weighted by Gasteiger charge is -2.29. The molecule has 0 aromatic carbocycles. The van der Waals surface area contributed by atoms with E-state index in [1.54, 1.807) is 12.4 Å². The summed E-state index contributed by atoms with van der Waals surface area (Å²) in [5.41, 5.74) is 2.18. The van der Waals surface area contributed by atoms with Crippen molar-refractivity contribution in [3.63, 3.8) is 0 Å². The molecule has 0 amide bonds. The average Bonchev–Trinajstić information content (AvgIpc) is 2.15. The summed E-state index contributed by atoms with van der Waals surface area (Å²) in [4.78, 5) is 6.17. The minimum atomic E-state index is 0.0393. The molecule has 0 saturated carbocycles. The van der Waals surface area contributed by atoms with Gasteiger partial charge in [0.25, 0.3) is 0 Å². The quantitative estimate of drug-likeness (QED) is 0.826. The van der Waals surface area contributed by atoms with Gasteiger partial charge >= 0.3 is 0 Å². The first-order valence-corrected chi connectivity index (χ1v) is 5.19. The smallest absolute Gasteiger partial charge is 0.0717 e. The molecule has 3 nitrogen and oxygen atoms in total. The van der Waals surface area contributed by atoms with Crippen molar-refractivity contribution in [2.45, 2.75) is 27.4 Å². The van der Waals surface area contributed by atoms with E-state index in [4.69, 9.17) is 0 Å². The Hall–Kier alpha value is -1.09. The van der Waals surface area contributed by atoms with E-state index in [1.807, 2.05) is 13.1 Å². The van der Waals surface area contributed by atoms with Gasteiger partial charge in [0.1, 0.15) is 0 Å². The Morgan fingerprint density at radius 2 is 2.07 bits per heavy atom. The number of rotatable bonds is 3. The maximum atomic E-state index is 9.20. The molecule has 0 aliphatic carbocycles. The van der Waals surface area contributed by atoms with Gasteiger partial charge in [0.15, 0.2) is 0 Å². The van der Waals surface area contributed by atoms with Crippen LogP contribution in [0, 0.1) is 5.41 Å². The maximum Gasteiger partial charge on any atom is 0.0717 e. The van der Waals surface area contributed by atoms with Gasteiger partial charge in [-0.1, -0.05) is 20.8 Å². The number of hydrogen-bond acceptors (Lipinski definition) is 3. The number of aromatic nitrogens is 1. The van der Waals surface area contributed by atoms with E-state index < -0.39 is 0 Å². The molecule has 84 valence electrons. The van der Waals surface area contributed by atoms with E-state index in [0.29, 0.717) is 0 Å². The summed E-state index contributed by atoms with van der Waals surface area (Å²) in [6.45, 7) is 7.58. The van der Waals surface area contributed by atoms with E-state index in [9.17, 15) is 5.11 Å². The van der Waals surface area contributed by atoms with Gasteiger partial charge in [-0.2, -0.15) is 0 Å². The second-order valence-electron chi connectivity index (χ2n) is 5.08. The van der Waals surface area contributed by atoms with E-state index in [2.05, 4.69) is 30.7 Å². The summed E-state index contributed by atoms with van der Waals surface area (Å²) >= 11 is 0. The predicted molar refractivity (Wildman–Crippen MR) is 62.9 cm³/mol. The Morgan fingerprint density at radius 1 is 1.40 bits per heavy atom. The zero-order valence-electron chi connectivity index (χ0n) is 9.99. The molecule has 0 fully saturated rings. The molecule has 15 heavy (non-hydrogen) atoms. The highest BCUT2D eigenvalue weighted by atomic mass is 16.3. The molecular weight excluding hydrogens is 188 g/mol. The molecule has 0 aliphatic rings. The monoisotopic (exact) mass is 208 g/mol. The van der Waals surface area contributed by atoms with Crippen molar-refractivity contribution in [1.82, 2.24) is 4.98 Å². The second-order valence-corrected chi connectivity index (χ2v) is 5.08. The Bertz CT molecular complexity index is 318. The van der Waals surface area contributed by atoms with E-state index in [1.165, 1.54) is 0 Å². The molecule has 0 saturated heterocycles. The first kappa shape index (κ1) is 12.0. The molecule has 1 aromatic rings. The van der Waals surface area contributed by atoms with Gasteiger partial charge in [0.05, 0.1) is 6.61 Å². The van der Waals surface area contributed by atoms with Crippen LogP contribution >= 0.6 is 0 Å². The number of anilines is 1. The van der Waals surface area contributed by atoms with Crippen LogP contribution in [0.5, 0.6) is 0 Å². The van der Waals surface area contributed by atoms with E-state index in [0.717, 1.165) is 17.8 Å². The van der Waals surface area contributed by atoms with Gasteiger partial charge in [-0.3, -0.25) is 4.98 Å². The first-order chi connectivity index (χ1) is 6.94. The summed E-state index contributed by atoms with van der Waals surface area (Å²) in [6, 6.07) is 1.94. The van der Waals surface area contributed by atoms with Crippen LogP contribution in [0.4, 0.5) is 5.69 Å². The van der Waals surface area contributed by atoms with E-state index >= 15 is 0 Å². The second kappa shape index (κ2) is 4.62. The van der Waals surface area contributed by atoms with Gasteiger partial charge in [0, 0.05) is 37.2 Å². The summed E-state index contributed by atoms with van der Waals surface area (Å²) in [5, 5.41) is 9.20. The summed E-state index contributed by atoms with van der Waals surface area (Å²) in [6.07, 6.45) is 3.47. The molecule has 0 aliphatic heterocycles. The molecule has 3 heteroatoms. The van der Waals surface area contributed by atoms with Crippen LogP contribution in [-0.2, 0) is 6.61 Å². The zero-order chi connectivity index (χ0) is 11.5. The van der Waals surface area contributed by atoms with Crippen molar-refractivity contribution in [3.05, 3.63) is 24.0 Å². The van der Waals surface area contributed by atoms with Gasteiger partial charge in [-0.25, -0.2) is 0 Å². The fourth-order valence-corrected chi connectivity index (χ4v) is 1.71. The van der Waals surface area contributed by atoms with Crippen molar-refractivity contribution in [3.8, 4) is 0 Å². The molecule has 0 atom stereocenters. The first-order valence-electron chi connectivity index (χ1n) is 5.19. The van der Waals surface area contributed by atoms with Crippen LogP contribution < -0.4 is 4.90 Å². The summed E-state index contributed by atoms with van der Waals surface area (Å²) in [7, 11) is 2.04. The van der Waals surface area contributed by atoms with Crippen LogP contribution in [0.25, 0.3) is 0 Å². The summed E-state index contributed by atoms with van der Waals surface area (Å²) < 4.78 is 0. The predicted octanol–water partition coefficient (Wildman–Crippen LogP) is 2.06. The minimum Gasteiger partial charge on any atom is -0.392 e. The van der Waals surface area contributed by atoms with Crippen LogP contribution in [0.3, 0.4) is 0 Å². The lowest BCUT2D eigenvalue weighted by atomic mass is 9.96. The molecule has 1 N–H and O–H groups in total. The molecule has 0 radical (unpaired) electrons. The van der Waals surface area contributed by atoms with Crippen LogP contribution in [-0.4, -0.2) is 23.7 Å². The van der Waals surface area contributed by atoms with Crippen molar-refractivity contribution < 1.29 is 5.11 Å². The highest BCUT2D eigenvalue weighted by Crippen LogP contribution is 2.22. The van der Waals surface area contributed by atoms with Crippen molar-refractivity contribution in [2.24, 2.45) is 5.41 Å². The topological polar surface area (TPSA) is 36.4 Å². The molecule has 0 unspecified atom stereocenters. The van der Waals surface area contributed by atoms with Crippen LogP contribution in [0.1, 0.15) is 26.3 Å². The molecule has 0 bridgehead atoms. The lowest BCUT2D eigenvalue weighted by Crippen LogP contribution is -2.29. The van der Waals surface area contributed by atoms with E-state index in [-0.39, 0.29) is 12.0 Å². The Morgan fingerprint density at radius 3 is 2.60 bits per heavy atom. The third kappa shape index (κ3) is 3.51. The molecule has 1 aromatic heterocycles. The number of aliphatic hydroxyl groups is 1. The molecule has 1 heterocycles. The zero-order valence-corrected chi connectivity index (χ0v) is 9.99. The standard InChI is InChI=1S/C12H20N2O/c1-12(2,3)9-14(4)11-5-6-13-7-10(11)8-15/h5-7,15H,8-9H2,1-4H3. The number of aliphatic hydroxyl groups excluding tert-OH is 1. The minimum absolute atomic E-state index is 0.0393. The summed E-state index contributed by atoms with van der Waals surface area (Å²) in [5.74, 6) is 0. The molecule has 0 spiro atoms. The molecule has 1 rings (SSSR count). The van der Waals surface area contributed by atoms with Crippen molar-refractivity contribution in [1.29, 1.82) is 0 Å².